The van der Waals surface area contributed by atoms with Gasteiger partial charge >= 0.3 is 0 Å². The van der Waals surface area contributed by atoms with Gasteiger partial charge in [0, 0.05) is 6.07 Å². The van der Waals surface area contributed by atoms with Crippen LogP contribution in [-0.2, 0) is 0 Å². The van der Waals surface area contributed by atoms with Crippen molar-refractivity contribution < 1.29 is 4.74 Å². The van der Waals surface area contributed by atoms with E-state index in [9.17, 15) is 4.79 Å². The van der Waals surface area contributed by atoms with Crippen LogP contribution in [0.15, 0.2) is 23.0 Å². The van der Waals surface area contributed by atoms with Gasteiger partial charge in [-0.25, -0.2) is 0 Å². The fraction of sp³-hybridized carbons (Fsp3) is 0.286. The standard InChI is InChI=1S/C7H9NO2/c1-2-10-7-5-3-4-6(9)8-7/h3-5H,2H2,1H3,(H,8,9). The van der Waals surface area contributed by atoms with Crippen molar-refractivity contribution in [3.05, 3.63) is 28.6 Å². The highest BCUT2D eigenvalue weighted by molar-refractivity contribution is 5.09. The van der Waals surface area contributed by atoms with Crippen molar-refractivity contribution >= 4 is 0 Å². The molecule has 0 spiro atoms. The lowest BCUT2D eigenvalue weighted by Gasteiger charge is -1.99. The molecule has 0 amide bonds. The second kappa shape index (κ2) is 3.06. The molecule has 10 heavy (non-hydrogen) atoms. The van der Waals surface area contributed by atoms with Crippen LogP contribution in [0.2, 0.25) is 0 Å². The van der Waals surface area contributed by atoms with Crippen LogP contribution in [0.4, 0.5) is 0 Å². The third kappa shape index (κ3) is 1.62. The van der Waals surface area contributed by atoms with Gasteiger partial charge in [0.1, 0.15) is 0 Å². The highest BCUT2D eigenvalue weighted by Gasteiger charge is 1.88. The molecular formula is C7H9NO2. The summed E-state index contributed by atoms with van der Waals surface area (Å²) in [5, 5.41) is 0. The van der Waals surface area contributed by atoms with Gasteiger partial charge in [-0.3, -0.25) is 9.78 Å². The average Bonchev–Trinajstić information content (AvgIpc) is 1.88. The highest BCUT2D eigenvalue weighted by Crippen LogP contribution is 1.98. The number of aromatic amines is 1. The zero-order valence-electron chi connectivity index (χ0n) is 5.76. The first-order valence-electron chi connectivity index (χ1n) is 3.15. The molecule has 1 heterocycles. The maximum Gasteiger partial charge on any atom is 0.250 e. The van der Waals surface area contributed by atoms with E-state index in [1.54, 1.807) is 12.1 Å². The van der Waals surface area contributed by atoms with Crippen LogP contribution in [0.5, 0.6) is 5.88 Å². The maximum atomic E-state index is 10.6. The number of hydrogen-bond donors (Lipinski definition) is 1. The van der Waals surface area contributed by atoms with Gasteiger partial charge in [0.25, 0.3) is 5.56 Å². The van der Waals surface area contributed by atoms with Crippen LogP contribution in [0.3, 0.4) is 0 Å². The number of rotatable bonds is 2. The molecule has 54 valence electrons. The molecule has 0 aromatic carbocycles. The molecule has 3 nitrogen and oxygen atoms in total. The fourth-order valence-electron chi connectivity index (χ4n) is 0.667. The molecular weight excluding hydrogens is 130 g/mol. The second-order valence-corrected chi connectivity index (χ2v) is 1.81. The molecule has 1 aromatic rings. The first-order chi connectivity index (χ1) is 4.83. The minimum absolute atomic E-state index is 0.133. The van der Waals surface area contributed by atoms with Crippen LogP contribution < -0.4 is 10.3 Å². The van der Waals surface area contributed by atoms with Crippen molar-refractivity contribution in [1.82, 2.24) is 4.98 Å². The Labute approximate surface area is 58.7 Å². The minimum Gasteiger partial charge on any atom is -0.479 e. The molecule has 0 atom stereocenters. The van der Waals surface area contributed by atoms with Gasteiger partial charge in [0.05, 0.1) is 6.61 Å². The van der Waals surface area contributed by atoms with Crippen LogP contribution in [0.25, 0.3) is 0 Å². The van der Waals surface area contributed by atoms with Gasteiger partial charge < -0.3 is 4.74 Å². The van der Waals surface area contributed by atoms with E-state index < -0.39 is 0 Å². The monoisotopic (exact) mass is 139 g/mol. The topological polar surface area (TPSA) is 42.1 Å². The van der Waals surface area contributed by atoms with Gasteiger partial charge in [0.15, 0.2) is 5.88 Å². The van der Waals surface area contributed by atoms with Gasteiger partial charge in [-0.1, -0.05) is 6.07 Å². The third-order valence-electron chi connectivity index (χ3n) is 1.04. The summed E-state index contributed by atoms with van der Waals surface area (Å²) in [6, 6.07) is 4.82. The Balaban J connectivity index is 2.85. The number of nitrogens with one attached hydrogen (secondary N) is 1. The number of aromatic nitrogens is 1. The summed E-state index contributed by atoms with van der Waals surface area (Å²) in [6.07, 6.45) is 0. The predicted octanol–water partition coefficient (Wildman–Crippen LogP) is 0.774. The van der Waals surface area contributed by atoms with E-state index in [1.165, 1.54) is 6.07 Å². The van der Waals surface area contributed by atoms with Crippen molar-refractivity contribution in [2.45, 2.75) is 6.92 Å². The molecule has 0 aliphatic carbocycles. The van der Waals surface area contributed by atoms with Crippen molar-refractivity contribution in [2.75, 3.05) is 6.61 Å². The third-order valence-corrected chi connectivity index (χ3v) is 1.04. The number of pyridine rings is 1. The highest BCUT2D eigenvalue weighted by atomic mass is 16.5. The van der Waals surface area contributed by atoms with Crippen LogP contribution in [0.1, 0.15) is 6.92 Å². The van der Waals surface area contributed by atoms with E-state index in [4.69, 9.17) is 4.74 Å². The van der Waals surface area contributed by atoms with Gasteiger partial charge in [-0.05, 0) is 13.0 Å². The van der Waals surface area contributed by atoms with Crippen molar-refractivity contribution in [3.8, 4) is 5.88 Å². The normalized spacial score (nSPS) is 9.30. The molecule has 3 heteroatoms. The van der Waals surface area contributed by atoms with Crippen LogP contribution in [-0.4, -0.2) is 11.6 Å². The Morgan fingerprint density at radius 3 is 3.00 bits per heavy atom. The van der Waals surface area contributed by atoms with E-state index in [-0.39, 0.29) is 5.56 Å². The Bertz CT molecular complexity index is 254. The second-order valence-electron chi connectivity index (χ2n) is 1.81. The summed E-state index contributed by atoms with van der Waals surface area (Å²) in [4.78, 5) is 13.2. The van der Waals surface area contributed by atoms with Crippen molar-refractivity contribution in [2.24, 2.45) is 0 Å². The summed E-state index contributed by atoms with van der Waals surface area (Å²) in [7, 11) is 0. The molecule has 0 aliphatic rings. The smallest absolute Gasteiger partial charge is 0.250 e. The molecule has 1 rings (SSSR count). The van der Waals surface area contributed by atoms with Gasteiger partial charge in [0.2, 0.25) is 0 Å². The van der Waals surface area contributed by atoms with Gasteiger partial charge in [-0.2, -0.15) is 0 Å². The quantitative estimate of drug-likeness (QED) is 0.657. The first kappa shape index (κ1) is 6.86. The zero-order valence-corrected chi connectivity index (χ0v) is 5.76. The molecule has 0 fully saturated rings. The first-order valence-corrected chi connectivity index (χ1v) is 3.15. The molecule has 0 unspecified atom stereocenters. The lowest BCUT2D eigenvalue weighted by Crippen LogP contribution is -2.05. The van der Waals surface area contributed by atoms with Crippen LogP contribution >= 0.6 is 0 Å². The summed E-state index contributed by atoms with van der Waals surface area (Å²) < 4.78 is 5.03. The maximum absolute atomic E-state index is 10.6. The molecule has 0 saturated carbocycles. The lowest BCUT2D eigenvalue weighted by atomic mass is 10.5. The number of ether oxygens (including phenoxy) is 1. The minimum atomic E-state index is -0.133. The van der Waals surface area contributed by atoms with Crippen molar-refractivity contribution in [3.63, 3.8) is 0 Å². The molecule has 1 N–H and O–H groups in total. The zero-order chi connectivity index (χ0) is 7.40. The fourth-order valence-corrected chi connectivity index (χ4v) is 0.667. The summed E-state index contributed by atoms with van der Waals surface area (Å²) in [6.45, 7) is 2.44. The molecule has 0 radical (unpaired) electrons. The van der Waals surface area contributed by atoms with E-state index in [2.05, 4.69) is 4.98 Å². The summed E-state index contributed by atoms with van der Waals surface area (Å²) in [5.74, 6) is 0.523. The largest absolute Gasteiger partial charge is 0.479 e. The van der Waals surface area contributed by atoms with E-state index in [0.29, 0.717) is 12.5 Å². The Kier molecular flexibility index (Phi) is 2.10. The molecule has 0 saturated heterocycles. The van der Waals surface area contributed by atoms with E-state index in [1.807, 2.05) is 6.92 Å². The van der Waals surface area contributed by atoms with Crippen molar-refractivity contribution in [1.29, 1.82) is 0 Å². The number of hydrogen-bond acceptors (Lipinski definition) is 2. The van der Waals surface area contributed by atoms with E-state index in [0.717, 1.165) is 0 Å². The Morgan fingerprint density at radius 1 is 1.60 bits per heavy atom. The summed E-state index contributed by atoms with van der Waals surface area (Å²) >= 11 is 0. The molecule has 0 aliphatic heterocycles. The Morgan fingerprint density at radius 2 is 2.40 bits per heavy atom. The summed E-state index contributed by atoms with van der Waals surface area (Å²) in [5.41, 5.74) is -0.133. The SMILES string of the molecule is CCOc1cccc(=O)[nH]1. The molecule has 0 bridgehead atoms. The lowest BCUT2D eigenvalue weighted by molar-refractivity contribution is 0.326. The van der Waals surface area contributed by atoms with Gasteiger partial charge in [-0.15, -0.1) is 0 Å². The Hall–Kier alpha value is -1.25. The van der Waals surface area contributed by atoms with E-state index >= 15 is 0 Å². The molecule has 1 aromatic heterocycles. The average molecular weight is 139 g/mol. The number of H-pyrrole nitrogens is 1. The predicted molar refractivity (Wildman–Crippen MR) is 38.2 cm³/mol. The van der Waals surface area contributed by atoms with Crippen LogP contribution in [0, 0.1) is 0 Å².